The van der Waals surface area contributed by atoms with E-state index in [1.165, 1.54) is 6.92 Å². The molecule has 0 aliphatic heterocycles. The summed E-state index contributed by atoms with van der Waals surface area (Å²) in [5, 5.41) is 2.84. The fourth-order valence-electron chi connectivity index (χ4n) is 1.49. The van der Waals surface area contributed by atoms with E-state index in [0.717, 1.165) is 19.4 Å². The molecule has 0 spiro atoms. The van der Waals surface area contributed by atoms with Gasteiger partial charge >= 0.3 is 0 Å². The molecular formula is C12H24N2O2. The lowest BCUT2D eigenvalue weighted by Crippen LogP contribution is -2.38. The van der Waals surface area contributed by atoms with Crippen LogP contribution in [0.4, 0.5) is 0 Å². The van der Waals surface area contributed by atoms with Gasteiger partial charge in [-0.25, -0.2) is 0 Å². The molecular weight excluding hydrogens is 204 g/mol. The number of nitrogens with zero attached hydrogens (tertiary/aromatic N) is 1. The molecule has 0 aliphatic carbocycles. The molecule has 0 rings (SSSR count). The minimum atomic E-state index is 0.0244. The molecule has 0 fully saturated rings. The predicted molar refractivity (Wildman–Crippen MR) is 65.1 cm³/mol. The molecule has 4 heteroatoms. The van der Waals surface area contributed by atoms with Gasteiger partial charge in [-0.15, -0.1) is 0 Å². The van der Waals surface area contributed by atoms with E-state index in [-0.39, 0.29) is 17.9 Å². The topological polar surface area (TPSA) is 49.4 Å². The second-order valence-electron chi connectivity index (χ2n) is 4.26. The molecule has 0 unspecified atom stereocenters. The largest absolute Gasteiger partial charge is 0.356 e. The Morgan fingerprint density at radius 1 is 1.31 bits per heavy atom. The maximum atomic E-state index is 11.4. The second kappa shape index (κ2) is 8.13. The van der Waals surface area contributed by atoms with Crippen molar-refractivity contribution in [3.05, 3.63) is 0 Å². The van der Waals surface area contributed by atoms with Crippen LogP contribution < -0.4 is 5.32 Å². The van der Waals surface area contributed by atoms with Crippen LogP contribution in [0.2, 0.25) is 0 Å². The molecule has 0 aromatic carbocycles. The monoisotopic (exact) mass is 228 g/mol. The number of hydrogen-bond donors (Lipinski definition) is 1. The van der Waals surface area contributed by atoms with Crippen LogP contribution in [0.3, 0.4) is 0 Å². The van der Waals surface area contributed by atoms with Crippen molar-refractivity contribution in [2.24, 2.45) is 0 Å². The van der Waals surface area contributed by atoms with Crippen molar-refractivity contribution in [3.8, 4) is 0 Å². The number of carbonyl (C=O) groups is 2. The molecule has 0 bridgehead atoms. The maximum Gasteiger partial charge on any atom is 0.221 e. The molecule has 16 heavy (non-hydrogen) atoms. The first-order valence-corrected chi connectivity index (χ1v) is 6.03. The van der Waals surface area contributed by atoms with Crippen LogP contribution in [0.5, 0.6) is 0 Å². The Morgan fingerprint density at radius 2 is 1.94 bits per heavy atom. The average Bonchev–Trinajstić information content (AvgIpc) is 2.17. The van der Waals surface area contributed by atoms with E-state index in [2.05, 4.69) is 12.2 Å². The first-order valence-electron chi connectivity index (χ1n) is 6.03. The van der Waals surface area contributed by atoms with E-state index in [4.69, 9.17) is 0 Å². The summed E-state index contributed by atoms with van der Waals surface area (Å²) < 4.78 is 0. The fourth-order valence-corrected chi connectivity index (χ4v) is 1.49. The Balaban J connectivity index is 3.83. The molecule has 0 saturated heterocycles. The van der Waals surface area contributed by atoms with E-state index < -0.39 is 0 Å². The van der Waals surface area contributed by atoms with Gasteiger partial charge in [0.15, 0.2) is 0 Å². The number of hydrogen-bond acceptors (Lipinski definition) is 2. The van der Waals surface area contributed by atoms with Crippen LogP contribution in [0.25, 0.3) is 0 Å². The molecule has 94 valence electrons. The highest BCUT2D eigenvalue weighted by molar-refractivity contribution is 5.78. The summed E-state index contributed by atoms with van der Waals surface area (Å²) in [5.74, 6) is 0.0525. The van der Waals surface area contributed by atoms with E-state index >= 15 is 0 Å². The standard InChI is InChI=1S/C12H24N2O2/c1-5-6-8-13-12(16)7-9-14(10(2)3)11(4)15/h10H,5-9H2,1-4H3,(H,13,16). The van der Waals surface area contributed by atoms with E-state index in [9.17, 15) is 9.59 Å². The van der Waals surface area contributed by atoms with Crippen molar-refractivity contribution in [1.82, 2.24) is 10.2 Å². The van der Waals surface area contributed by atoms with Gasteiger partial charge in [0.05, 0.1) is 0 Å². The summed E-state index contributed by atoms with van der Waals surface area (Å²) in [7, 11) is 0. The Bertz CT molecular complexity index is 227. The lowest BCUT2D eigenvalue weighted by molar-refractivity contribution is -0.131. The van der Waals surface area contributed by atoms with E-state index in [0.29, 0.717) is 13.0 Å². The van der Waals surface area contributed by atoms with E-state index in [1.807, 2.05) is 13.8 Å². The number of rotatable bonds is 7. The third-order valence-corrected chi connectivity index (χ3v) is 2.46. The number of amides is 2. The molecule has 4 nitrogen and oxygen atoms in total. The Hall–Kier alpha value is -1.06. The van der Waals surface area contributed by atoms with Crippen LogP contribution in [0.1, 0.15) is 47.0 Å². The molecule has 0 atom stereocenters. The highest BCUT2D eigenvalue weighted by Gasteiger charge is 2.13. The lowest BCUT2D eigenvalue weighted by Gasteiger charge is -2.24. The molecule has 0 aromatic rings. The van der Waals surface area contributed by atoms with Crippen molar-refractivity contribution >= 4 is 11.8 Å². The zero-order valence-corrected chi connectivity index (χ0v) is 10.9. The molecule has 0 radical (unpaired) electrons. The van der Waals surface area contributed by atoms with Crippen molar-refractivity contribution in [2.75, 3.05) is 13.1 Å². The van der Waals surface area contributed by atoms with Gasteiger partial charge in [-0.1, -0.05) is 13.3 Å². The van der Waals surface area contributed by atoms with Gasteiger partial charge in [0.25, 0.3) is 0 Å². The average molecular weight is 228 g/mol. The van der Waals surface area contributed by atoms with Crippen LogP contribution in [-0.2, 0) is 9.59 Å². The third kappa shape index (κ3) is 6.43. The van der Waals surface area contributed by atoms with Gasteiger partial charge in [0.1, 0.15) is 0 Å². The highest BCUT2D eigenvalue weighted by Crippen LogP contribution is 2.00. The zero-order chi connectivity index (χ0) is 12.6. The summed E-state index contributed by atoms with van der Waals surface area (Å²) in [6, 6.07) is 0.154. The van der Waals surface area contributed by atoms with Crippen LogP contribution in [0, 0.1) is 0 Å². The van der Waals surface area contributed by atoms with Gasteiger partial charge < -0.3 is 10.2 Å². The Labute approximate surface area is 98.4 Å². The lowest BCUT2D eigenvalue weighted by atomic mass is 10.2. The molecule has 0 heterocycles. The van der Waals surface area contributed by atoms with Gasteiger partial charge in [0.2, 0.25) is 11.8 Å². The van der Waals surface area contributed by atoms with Gasteiger partial charge in [0, 0.05) is 32.5 Å². The summed E-state index contributed by atoms with van der Waals surface area (Å²) in [5.41, 5.74) is 0. The number of carbonyl (C=O) groups excluding carboxylic acids is 2. The van der Waals surface area contributed by atoms with Crippen molar-refractivity contribution in [3.63, 3.8) is 0 Å². The van der Waals surface area contributed by atoms with Gasteiger partial charge in [-0.05, 0) is 20.3 Å². The highest BCUT2D eigenvalue weighted by atomic mass is 16.2. The molecule has 0 aromatic heterocycles. The Morgan fingerprint density at radius 3 is 2.38 bits per heavy atom. The van der Waals surface area contributed by atoms with Crippen LogP contribution >= 0.6 is 0 Å². The van der Waals surface area contributed by atoms with Gasteiger partial charge in [-0.3, -0.25) is 9.59 Å². The van der Waals surface area contributed by atoms with Crippen molar-refractivity contribution < 1.29 is 9.59 Å². The van der Waals surface area contributed by atoms with Crippen molar-refractivity contribution in [2.45, 2.75) is 53.0 Å². The molecule has 2 amide bonds. The Kier molecular flexibility index (Phi) is 7.60. The van der Waals surface area contributed by atoms with Gasteiger partial charge in [-0.2, -0.15) is 0 Å². The normalized spacial score (nSPS) is 10.3. The summed E-state index contributed by atoms with van der Waals surface area (Å²) in [6.07, 6.45) is 2.47. The van der Waals surface area contributed by atoms with Crippen molar-refractivity contribution in [1.29, 1.82) is 0 Å². The molecule has 0 aliphatic rings. The summed E-state index contributed by atoms with van der Waals surface area (Å²) >= 11 is 0. The fraction of sp³-hybridized carbons (Fsp3) is 0.833. The zero-order valence-electron chi connectivity index (χ0n) is 10.9. The first-order chi connectivity index (χ1) is 7.49. The minimum Gasteiger partial charge on any atom is -0.356 e. The molecule has 1 N–H and O–H groups in total. The third-order valence-electron chi connectivity index (χ3n) is 2.46. The molecule has 0 saturated carbocycles. The summed E-state index contributed by atoms with van der Waals surface area (Å²) in [6.45, 7) is 8.77. The SMILES string of the molecule is CCCCNC(=O)CCN(C(C)=O)C(C)C. The maximum absolute atomic E-state index is 11.4. The van der Waals surface area contributed by atoms with E-state index in [1.54, 1.807) is 4.90 Å². The van der Waals surface area contributed by atoms with Crippen LogP contribution in [-0.4, -0.2) is 35.8 Å². The summed E-state index contributed by atoms with van der Waals surface area (Å²) in [4.78, 5) is 24.4. The minimum absolute atomic E-state index is 0.0244. The number of nitrogens with one attached hydrogen (secondary N) is 1. The predicted octanol–water partition coefficient (Wildman–Crippen LogP) is 1.55. The second-order valence-corrected chi connectivity index (χ2v) is 4.26. The smallest absolute Gasteiger partial charge is 0.221 e. The van der Waals surface area contributed by atoms with Crippen LogP contribution in [0.15, 0.2) is 0 Å². The first kappa shape index (κ1) is 14.9. The quantitative estimate of drug-likeness (QED) is 0.672. The number of unbranched alkanes of at least 4 members (excludes halogenated alkanes) is 1.